The third-order valence-corrected chi connectivity index (χ3v) is 4.76. The Morgan fingerprint density at radius 3 is 2.45 bits per heavy atom. The van der Waals surface area contributed by atoms with Crippen molar-refractivity contribution in [1.82, 2.24) is 5.43 Å². The summed E-state index contributed by atoms with van der Waals surface area (Å²) < 4.78 is 5.74. The Morgan fingerprint density at radius 2 is 1.76 bits per heavy atom. The highest BCUT2D eigenvalue weighted by Crippen LogP contribution is 2.22. The molecule has 0 saturated carbocycles. The molecule has 0 radical (unpaired) electrons. The lowest BCUT2D eigenvalue weighted by Crippen LogP contribution is -2.19. The van der Waals surface area contributed by atoms with Gasteiger partial charge in [0.2, 0.25) is 5.91 Å². The Balaban J connectivity index is 1.48. The second-order valence-corrected chi connectivity index (χ2v) is 7.39. The van der Waals surface area contributed by atoms with Crippen molar-refractivity contribution in [1.29, 1.82) is 0 Å². The molecule has 0 unspecified atom stereocenters. The molecule has 1 amide bonds. The minimum atomic E-state index is -0.162. The fourth-order valence-electron chi connectivity index (χ4n) is 2.56. The molecular weight excluding hydrogens is 407 g/mol. The summed E-state index contributed by atoms with van der Waals surface area (Å²) in [7, 11) is 0. The molecule has 0 spiro atoms. The number of carbonyl (C=O) groups is 1. The van der Waals surface area contributed by atoms with E-state index in [0.717, 1.165) is 22.3 Å². The van der Waals surface area contributed by atoms with Crippen molar-refractivity contribution in [2.45, 2.75) is 20.0 Å². The quantitative estimate of drug-likeness (QED) is 0.396. The van der Waals surface area contributed by atoms with Crippen LogP contribution >= 0.6 is 23.2 Å². The zero-order valence-corrected chi connectivity index (χ0v) is 17.4. The number of nitrogens with one attached hydrogen (secondary N) is 1. The van der Waals surface area contributed by atoms with Gasteiger partial charge in [-0.3, -0.25) is 4.79 Å². The number of hydrazone groups is 1. The van der Waals surface area contributed by atoms with E-state index in [1.807, 2.05) is 61.5 Å². The molecule has 0 fully saturated rings. The smallest absolute Gasteiger partial charge is 0.244 e. The maximum atomic E-state index is 11.9. The van der Waals surface area contributed by atoms with Crippen LogP contribution in [0.3, 0.4) is 0 Å². The van der Waals surface area contributed by atoms with E-state index in [1.54, 1.807) is 18.3 Å². The van der Waals surface area contributed by atoms with Crippen LogP contribution in [0.25, 0.3) is 0 Å². The lowest BCUT2D eigenvalue weighted by atomic mass is 10.1. The molecule has 0 aliphatic carbocycles. The first-order valence-electron chi connectivity index (χ1n) is 9.04. The Hall–Kier alpha value is -2.82. The average molecular weight is 427 g/mol. The number of hydrogen-bond acceptors (Lipinski definition) is 3. The van der Waals surface area contributed by atoms with Gasteiger partial charge < -0.3 is 4.74 Å². The van der Waals surface area contributed by atoms with Crippen LogP contribution in [0.4, 0.5) is 0 Å². The molecule has 3 aromatic rings. The fourth-order valence-corrected chi connectivity index (χ4v) is 3.02. The lowest BCUT2D eigenvalue weighted by molar-refractivity contribution is -0.120. The maximum Gasteiger partial charge on any atom is 0.244 e. The van der Waals surface area contributed by atoms with Crippen LogP contribution < -0.4 is 10.2 Å². The number of rotatable bonds is 7. The zero-order chi connectivity index (χ0) is 20.6. The Bertz CT molecular complexity index is 1000. The van der Waals surface area contributed by atoms with E-state index in [1.165, 1.54) is 0 Å². The third kappa shape index (κ3) is 6.63. The van der Waals surface area contributed by atoms with Gasteiger partial charge >= 0.3 is 0 Å². The van der Waals surface area contributed by atoms with E-state index in [9.17, 15) is 4.79 Å². The van der Waals surface area contributed by atoms with Crippen molar-refractivity contribution in [2.75, 3.05) is 0 Å². The van der Waals surface area contributed by atoms with E-state index in [2.05, 4.69) is 10.5 Å². The van der Waals surface area contributed by atoms with E-state index in [0.29, 0.717) is 22.4 Å². The number of hydrogen-bond donors (Lipinski definition) is 1. The summed E-state index contributed by atoms with van der Waals surface area (Å²) in [5.74, 6) is 0.543. The summed E-state index contributed by atoms with van der Waals surface area (Å²) in [6, 6.07) is 20.5. The molecule has 148 valence electrons. The minimum Gasteiger partial charge on any atom is -0.489 e. The highest BCUT2D eigenvalue weighted by Gasteiger charge is 2.03. The summed E-state index contributed by atoms with van der Waals surface area (Å²) in [5, 5.41) is 5.17. The van der Waals surface area contributed by atoms with Crippen LogP contribution in [0.1, 0.15) is 22.3 Å². The summed E-state index contributed by atoms with van der Waals surface area (Å²) in [4.78, 5) is 11.9. The second kappa shape index (κ2) is 10.1. The van der Waals surface area contributed by atoms with Crippen molar-refractivity contribution in [3.63, 3.8) is 0 Å². The molecule has 3 rings (SSSR count). The molecule has 0 heterocycles. The van der Waals surface area contributed by atoms with E-state index < -0.39 is 0 Å². The van der Waals surface area contributed by atoms with Gasteiger partial charge in [-0.2, -0.15) is 5.10 Å². The fraction of sp³-hybridized carbons (Fsp3) is 0.130. The number of benzene rings is 3. The van der Waals surface area contributed by atoms with Crippen LogP contribution in [0.5, 0.6) is 5.75 Å². The molecule has 4 nitrogen and oxygen atoms in total. The predicted molar refractivity (Wildman–Crippen MR) is 118 cm³/mol. The van der Waals surface area contributed by atoms with Crippen LogP contribution in [0, 0.1) is 6.92 Å². The minimum absolute atomic E-state index is 0.162. The number of carbonyl (C=O) groups excluding carboxylic acids is 1. The molecule has 0 aromatic heterocycles. The Morgan fingerprint density at radius 1 is 1.03 bits per heavy atom. The standard InChI is InChI=1S/C23H20Cl2N2O2/c1-16-2-4-17(5-3-16)12-23(28)27-26-14-18-6-10-21(11-7-18)29-15-19-8-9-20(24)13-22(19)25/h2-11,13-14H,12,15H2,1H3,(H,27,28)/b26-14+. The monoisotopic (exact) mass is 426 g/mol. The van der Waals surface area contributed by atoms with Gasteiger partial charge in [0.1, 0.15) is 12.4 Å². The number of amides is 1. The van der Waals surface area contributed by atoms with Crippen LogP contribution in [0.15, 0.2) is 71.8 Å². The number of nitrogens with zero attached hydrogens (tertiary/aromatic N) is 1. The van der Waals surface area contributed by atoms with Gasteiger partial charge in [0.15, 0.2) is 0 Å². The largest absolute Gasteiger partial charge is 0.489 e. The van der Waals surface area contributed by atoms with Crippen molar-refractivity contribution in [3.05, 3.63) is 99.0 Å². The highest BCUT2D eigenvalue weighted by atomic mass is 35.5. The average Bonchev–Trinajstić information content (AvgIpc) is 2.70. The molecular formula is C23H20Cl2N2O2. The van der Waals surface area contributed by atoms with Crippen molar-refractivity contribution in [2.24, 2.45) is 5.10 Å². The second-order valence-electron chi connectivity index (χ2n) is 6.55. The van der Waals surface area contributed by atoms with E-state index >= 15 is 0 Å². The molecule has 0 aliphatic rings. The van der Waals surface area contributed by atoms with Crippen LogP contribution in [0.2, 0.25) is 10.0 Å². The molecule has 29 heavy (non-hydrogen) atoms. The lowest BCUT2D eigenvalue weighted by Gasteiger charge is -2.08. The van der Waals surface area contributed by atoms with Gasteiger partial charge in [0, 0.05) is 15.6 Å². The van der Waals surface area contributed by atoms with Crippen LogP contribution in [-0.4, -0.2) is 12.1 Å². The predicted octanol–water partition coefficient (Wildman–Crippen LogP) is 5.57. The topological polar surface area (TPSA) is 50.7 Å². The molecule has 1 N–H and O–H groups in total. The van der Waals surface area contributed by atoms with Gasteiger partial charge in [-0.1, -0.05) is 59.1 Å². The number of halogens is 2. The highest BCUT2D eigenvalue weighted by molar-refractivity contribution is 6.35. The number of aryl methyl sites for hydroxylation is 1. The Labute approximate surface area is 180 Å². The first-order valence-corrected chi connectivity index (χ1v) is 9.79. The van der Waals surface area contributed by atoms with Gasteiger partial charge in [-0.25, -0.2) is 5.43 Å². The van der Waals surface area contributed by atoms with Crippen molar-refractivity contribution >= 4 is 35.3 Å². The van der Waals surface area contributed by atoms with Crippen LogP contribution in [-0.2, 0) is 17.8 Å². The summed E-state index contributed by atoms with van der Waals surface area (Å²) in [6.07, 6.45) is 1.88. The van der Waals surface area contributed by atoms with Crippen molar-refractivity contribution in [3.8, 4) is 5.75 Å². The molecule has 0 saturated heterocycles. The molecule has 0 atom stereocenters. The van der Waals surface area contributed by atoms with Gasteiger partial charge in [0.05, 0.1) is 12.6 Å². The summed E-state index contributed by atoms with van der Waals surface area (Å²) >= 11 is 12.0. The maximum absolute atomic E-state index is 11.9. The summed E-state index contributed by atoms with van der Waals surface area (Å²) in [6.45, 7) is 2.36. The first-order chi connectivity index (χ1) is 14.0. The first kappa shape index (κ1) is 20.9. The third-order valence-electron chi connectivity index (χ3n) is 4.18. The molecule has 0 bridgehead atoms. The van der Waals surface area contributed by atoms with Crippen molar-refractivity contribution < 1.29 is 9.53 Å². The Kier molecular flexibility index (Phi) is 7.28. The van der Waals surface area contributed by atoms with E-state index in [-0.39, 0.29) is 12.3 Å². The number of ether oxygens (including phenoxy) is 1. The zero-order valence-electron chi connectivity index (χ0n) is 15.9. The molecule has 6 heteroatoms. The van der Waals surface area contributed by atoms with Gasteiger partial charge in [0.25, 0.3) is 0 Å². The normalized spacial score (nSPS) is 10.9. The molecule has 0 aliphatic heterocycles. The van der Waals surface area contributed by atoms with E-state index in [4.69, 9.17) is 27.9 Å². The van der Waals surface area contributed by atoms with Gasteiger partial charge in [-0.05, 0) is 54.4 Å². The van der Waals surface area contributed by atoms with Gasteiger partial charge in [-0.15, -0.1) is 0 Å². The SMILES string of the molecule is Cc1ccc(CC(=O)N/N=C/c2ccc(OCc3ccc(Cl)cc3Cl)cc2)cc1. The summed E-state index contributed by atoms with van der Waals surface area (Å²) in [5.41, 5.74) is 6.36. The molecule has 3 aromatic carbocycles.